The number of hydrogen-bond donors (Lipinski definition) is 1. The van der Waals surface area contributed by atoms with Crippen molar-refractivity contribution in [1.82, 2.24) is 0 Å². The number of ether oxygens (including phenoxy) is 1. The molecule has 0 amide bonds. The van der Waals surface area contributed by atoms with Gasteiger partial charge in [-0.05, 0) is 23.1 Å². The smallest absolute Gasteiger partial charge is 0.322 e. The highest BCUT2D eigenvalue weighted by Crippen LogP contribution is 2.23. The summed E-state index contributed by atoms with van der Waals surface area (Å²) in [5, 5.41) is 8.01. The van der Waals surface area contributed by atoms with Crippen molar-refractivity contribution in [2.75, 3.05) is 13.7 Å². The summed E-state index contributed by atoms with van der Waals surface area (Å²) in [5.74, 6) is -1.11. The number of benzene rings is 1. The van der Waals surface area contributed by atoms with Crippen LogP contribution >= 0.6 is 0 Å². The Morgan fingerprint density at radius 3 is 2.21 bits per heavy atom. The van der Waals surface area contributed by atoms with Gasteiger partial charge in [0.1, 0.15) is 0 Å². The fraction of sp³-hybridized carbons (Fsp3) is 0.500. The summed E-state index contributed by atoms with van der Waals surface area (Å²) in [6, 6.07) is 7.22. The molecule has 0 fully saturated rings. The first-order valence-corrected chi connectivity index (χ1v) is 7.21. The standard InChI is InChI=1S/C14H20O4S/c1-14(2,3)10-5-7-11(8-6-10)19(17)12(9-18-4)13(15)16/h5-8,12H,9H2,1-4H3,(H,15,16). The van der Waals surface area contributed by atoms with Gasteiger partial charge < -0.3 is 9.84 Å². The zero-order chi connectivity index (χ0) is 14.6. The zero-order valence-corrected chi connectivity index (χ0v) is 12.5. The summed E-state index contributed by atoms with van der Waals surface area (Å²) < 4.78 is 17.0. The van der Waals surface area contributed by atoms with Gasteiger partial charge in [-0.3, -0.25) is 9.00 Å². The molecule has 1 aromatic carbocycles. The summed E-state index contributed by atoms with van der Waals surface area (Å²) in [6.07, 6.45) is 0. The highest BCUT2D eigenvalue weighted by molar-refractivity contribution is 7.86. The molecule has 0 aliphatic rings. The quantitative estimate of drug-likeness (QED) is 0.900. The van der Waals surface area contributed by atoms with Crippen molar-refractivity contribution in [3.05, 3.63) is 29.8 Å². The third kappa shape index (κ3) is 4.14. The van der Waals surface area contributed by atoms with Gasteiger partial charge in [-0.15, -0.1) is 0 Å². The van der Waals surface area contributed by atoms with Gasteiger partial charge in [0, 0.05) is 12.0 Å². The Labute approximate surface area is 116 Å². The molecular weight excluding hydrogens is 264 g/mol. The molecule has 0 aromatic heterocycles. The Morgan fingerprint density at radius 2 is 1.84 bits per heavy atom. The van der Waals surface area contributed by atoms with Crippen LogP contribution in [-0.2, 0) is 25.7 Å². The van der Waals surface area contributed by atoms with Gasteiger partial charge in [0.25, 0.3) is 0 Å². The lowest BCUT2D eigenvalue weighted by Crippen LogP contribution is -2.30. The highest BCUT2D eigenvalue weighted by atomic mass is 32.2. The van der Waals surface area contributed by atoms with E-state index in [1.54, 1.807) is 12.1 Å². The van der Waals surface area contributed by atoms with Gasteiger partial charge in [-0.25, -0.2) is 0 Å². The second-order valence-electron chi connectivity index (χ2n) is 5.35. The molecule has 0 aliphatic heterocycles. The average molecular weight is 284 g/mol. The molecule has 0 aliphatic carbocycles. The van der Waals surface area contributed by atoms with Crippen molar-refractivity contribution in [3.8, 4) is 0 Å². The Bertz CT molecular complexity index is 459. The van der Waals surface area contributed by atoms with Gasteiger partial charge in [-0.2, -0.15) is 0 Å². The molecule has 0 saturated carbocycles. The maximum Gasteiger partial charge on any atom is 0.322 e. The summed E-state index contributed by atoms with van der Waals surface area (Å²) in [7, 11) is -0.212. The van der Waals surface area contributed by atoms with Crippen LogP contribution in [0.4, 0.5) is 0 Å². The average Bonchev–Trinajstić information content (AvgIpc) is 2.34. The molecule has 5 heteroatoms. The Morgan fingerprint density at radius 1 is 1.32 bits per heavy atom. The first-order chi connectivity index (χ1) is 8.77. The second kappa shape index (κ2) is 6.30. The first kappa shape index (κ1) is 15.9. The number of rotatable bonds is 5. The molecule has 19 heavy (non-hydrogen) atoms. The minimum absolute atomic E-state index is 0.0126. The van der Waals surface area contributed by atoms with Gasteiger partial charge in [0.05, 0.1) is 17.4 Å². The van der Waals surface area contributed by atoms with Crippen LogP contribution < -0.4 is 0 Å². The largest absolute Gasteiger partial charge is 0.480 e. The van der Waals surface area contributed by atoms with E-state index in [9.17, 15) is 9.00 Å². The van der Waals surface area contributed by atoms with E-state index in [4.69, 9.17) is 9.84 Å². The molecule has 1 rings (SSSR count). The molecule has 0 radical (unpaired) electrons. The van der Waals surface area contributed by atoms with E-state index in [2.05, 4.69) is 20.8 Å². The third-order valence-electron chi connectivity index (χ3n) is 2.80. The van der Waals surface area contributed by atoms with E-state index in [0.717, 1.165) is 5.56 Å². The summed E-state index contributed by atoms with van der Waals surface area (Å²) >= 11 is 0. The lowest BCUT2D eigenvalue weighted by Gasteiger charge is -2.19. The van der Waals surface area contributed by atoms with Crippen LogP contribution in [-0.4, -0.2) is 34.3 Å². The monoisotopic (exact) mass is 284 g/mol. The molecule has 0 spiro atoms. The number of carbonyl (C=O) groups is 1. The topological polar surface area (TPSA) is 63.6 Å². The molecule has 0 saturated heterocycles. The minimum Gasteiger partial charge on any atom is -0.480 e. The van der Waals surface area contributed by atoms with Crippen LogP contribution in [0.5, 0.6) is 0 Å². The maximum atomic E-state index is 12.2. The van der Waals surface area contributed by atoms with Crippen LogP contribution in [0.25, 0.3) is 0 Å². The summed E-state index contributed by atoms with van der Waals surface area (Å²) in [5.41, 5.74) is 1.13. The minimum atomic E-state index is -1.61. The molecule has 1 N–H and O–H groups in total. The van der Waals surface area contributed by atoms with Crippen LogP contribution in [0.3, 0.4) is 0 Å². The third-order valence-corrected chi connectivity index (χ3v) is 4.40. The van der Waals surface area contributed by atoms with Crippen LogP contribution in [0.1, 0.15) is 26.3 Å². The normalized spacial score (nSPS) is 14.9. The van der Waals surface area contributed by atoms with Crippen molar-refractivity contribution in [3.63, 3.8) is 0 Å². The van der Waals surface area contributed by atoms with E-state index in [1.165, 1.54) is 7.11 Å². The van der Waals surface area contributed by atoms with Gasteiger partial charge in [-0.1, -0.05) is 32.9 Å². The number of carboxylic acids is 1. The Hall–Kier alpha value is -1.20. The fourth-order valence-corrected chi connectivity index (χ4v) is 2.81. The zero-order valence-electron chi connectivity index (χ0n) is 11.7. The first-order valence-electron chi connectivity index (χ1n) is 6.00. The van der Waals surface area contributed by atoms with E-state index >= 15 is 0 Å². The lowest BCUT2D eigenvalue weighted by atomic mass is 9.87. The van der Waals surface area contributed by atoms with Crippen LogP contribution in [0.15, 0.2) is 29.2 Å². The molecule has 2 unspecified atom stereocenters. The van der Waals surface area contributed by atoms with Crippen molar-refractivity contribution < 1.29 is 18.8 Å². The van der Waals surface area contributed by atoms with E-state index in [0.29, 0.717) is 4.90 Å². The molecular formula is C14H20O4S. The number of methoxy groups -OCH3 is 1. The molecule has 0 heterocycles. The summed E-state index contributed by atoms with van der Waals surface area (Å²) in [6.45, 7) is 6.20. The predicted molar refractivity (Wildman–Crippen MR) is 74.9 cm³/mol. The van der Waals surface area contributed by atoms with E-state index in [-0.39, 0.29) is 12.0 Å². The van der Waals surface area contributed by atoms with E-state index in [1.807, 2.05) is 12.1 Å². The molecule has 0 bridgehead atoms. The maximum absolute atomic E-state index is 12.2. The predicted octanol–water partition coefficient (Wildman–Crippen LogP) is 2.19. The van der Waals surface area contributed by atoms with Crippen molar-refractivity contribution >= 4 is 16.8 Å². The molecule has 2 atom stereocenters. The number of carboxylic acid groups (broad SMARTS) is 1. The van der Waals surface area contributed by atoms with Gasteiger partial charge >= 0.3 is 5.97 Å². The van der Waals surface area contributed by atoms with Gasteiger partial charge in [0.2, 0.25) is 0 Å². The lowest BCUT2D eigenvalue weighted by molar-refractivity contribution is -0.137. The molecule has 4 nitrogen and oxygen atoms in total. The highest BCUT2D eigenvalue weighted by Gasteiger charge is 2.26. The second-order valence-corrected chi connectivity index (χ2v) is 6.99. The summed E-state index contributed by atoms with van der Waals surface area (Å²) in [4.78, 5) is 11.6. The van der Waals surface area contributed by atoms with Crippen molar-refractivity contribution in [2.45, 2.75) is 36.3 Å². The fourth-order valence-electron chi connectivity index (χ4n) is 1.63. The van der Waals surface area contributed by atoms with Gasteiger partial charge in [0.15, 0.2) is 5.25 Å². The number of hydrogen-bond acceptors (Lipinski definition) is 3. The SMILES string of the molecule is COCC(C(=O)O)S(=O)c1ccc(C(C)(C)C)cc1. The van der Waals surface area contributed by atoms with Crippen LogP contribution in [0, 0.1) is 0 Å². The molecule has 106 valence electrons. The van der Waals surface area contributed by atoms with Crippen molar-refractivity contribution in [1.29, 1.82) is 0 Å². The Balaban J connectivity index is 2.97. The number of aliphatic carboxylic acids is 1. The van der Waals surface area contributed by atoms with Crippen molar-refractivity contribution in [2.24, 2.45) is 0 Å². The molecule has 1 aromatic rings. The Kier molecular flexibility index (Phi) is 5.26. The van der Waals surface area contributed by atoms with Crippen LogP contribution in [0.2, 0.25) is 0 Å². The van der Waals surface area contributed by atoms with E-state index < -0.39 is 22.0 Å².